The van der Waals surface area contributed by atoms with E-state index in [-0.39, 0.29) is 11.6 Å². The lowest BCUT2D eigenvalue weighted by Crippen LogP contribution is -2.40. The van der Waals surface area contributed by atoms with Crippen LogP contribution in [0.25, 0.3) is 5.69 Å². The molecule has 1 aromatic carbocycles. The van der Waals surface area contributed by atoms with Gasteiger partial charge in [-0.2, -0.15) is 0 Å². The minimum Gasteiger partial charge on any atom is -0.480 e. The molecular formula is C15H16N4O3. The molecule has 3 rings (SSSR count). The molecule has 0 aliphatic carbocycles. The van der Waals surface area contributed by atoms with Crippen molar-refractivity contribution in [2.45, 2.75) is 25.8 Å². The molecule has 0 bridgehead atoms. The minimum absolute atomic E-state index is 0.161. The van der Waals surface area contributed by atoms with Gasteiger partial charge in [0.15, 0.2) is 5.69 Å². The Morgan fingerprint density at radius 1 is 1.27 bits per heavy atom. The number of aromatic nitrogens is 3. The first-order chi connectivity index (χ1) is 10.6. The maximum Gasteiger partial charge on any atom is 0.326 e. The van der Waals surface area contributed by atoms with Gasteiger partial charge in [-0.1, -0.05) is 22.9 Å². The first-order valence-electron chi connectivity index (χ1n) is 7.09. The SMILES string of the molecule is Cc1ccc(-n2cc(C(=O)N3CCC[C@H]3C(=O)O)nn2)cc1. The molecule has 7 nitrogen and oxygen atoms in total. The van der Waals surface area contributed by atoms with E-state index in [1.54, 1.807) is 0 Å². The van der Waals surface area contributed by atoms with Gasteiger partial charge < -0.3 is 10.0 Å². The first kappa shape index (κ1) is 14.2. The first-order valence-corrected chi connectivity index (χ1v) is 7.09. The standard InChI is InChI=1S/C15H16N4O3/c1-10-4-6-11(7-5-10)19-9-12(16-17-19)14(20)18-8-2-3-13(18)15(21)22/h4-7,9,13H,2-3,8H2,1H3,(H,21,22)/t13-/m0/s1. The number of aryl methyl sites for hydroxylation is 1. The third kappa shape index (κ3) is 2.57. The van der Waals surface area contributed by atoms with Crippen LogP contribution in [0.1, 0.15) is 28.9 Å². The highest BCUT2D eigenvalue weighted by molar-refractivity contribution is 5.95. The number of hydrogen-bond acceptors (Lipinski definition) is 4. The molecule has 1 aliphatic rings. The number of benzene rings is 1. The number of nitrogens with zero attached hydrogens (tertiary/aromatic N) is 4. The van der Waals surface area contributed by atoms with Gasteiger partial charge in [-0.15, -0.1) is 5.10 Å². The maximum absolute atomic E-state index is 12.4. The Morgan fingerprint density at radius 3 is 2.68 bits per heavy atom. The van der Waals surface area contributed by atoms with Gasteiger partial charge in [-0.25, -0.2) is 9.48 Å². The molecule has 1 aliphatic heterocycles. The van der Waals surface area contributed by atoms with E-state index in [1.807, 2.05) is 31.2 Å². The molecule has 1 aromatic heterocycles. The third-order valence-corrected chi connectivity index (χ3v) is 3.81. The van der Waals surface area contributed by atoms with E-state index in [2.05, 4.69) is 10.3 Å². The summed E-state index contributed by atoms with van der Waals surface area (Å²) in [5.74, 6) is -1.36. The number of hydrogen-bond donors (Lipinski definition) is 1. The molecule has 0 radical (unpaired) electrons. The number of carbonyl (C=O) groups is 2. The van der Waals surface area contributed by atoms with Crippen LogP contribution in [0.5, 0.6) is 0 Å². The second-order valence-electron chi connectivity index (χ2n) is 5.38. The zero-order valence-corrected chi connectivity index (χ0v) is 12.1. The fourth-order valence-electron chi connectivity index (χ4n) is 2.60. The van der Waals surface area contributed by atoms with Gasteiger partial charge in [0.05, 0.1) is 11.9 Å². The van der Waals surface area contributed by atoms with Crippen LogP contribution in [0.3, 0.4) is 0 Å². The second-order valence-corrected chi connectivity index (χ2v) is 5.38. The van der Waals surface area contributed by atoms with Crippen LogP contribution in [0.2, 0.25) is 0 Å². The van der Waals surface area contributed by atoms with Crippen molar-refractivity contribution in [1.29, 1.82) is 0 Å². The summed E-state index contributed by atoms with van der Waals surface area (Å²) in [4.78, 5) is 24.9. The van der Waals surface area contributed by atoms with Crippen molar-refractivity contribution in [1.82, 2.24) is 19.9 Å². The number of amides is 1. The van der Waals surface area contributed by atoms with Crippen molar-refractivity contribution < 1.29 is 14.7 Å². The van der Waals surface area contributed by atoms with Crippen molar-refractivity contribution in [3.8, 4) is 5.69 Å². The van der Waals surface area contributed by atoms with Gasteiger partial charge in [-0.3, -0.25) is 4.79 Å². The molecule has 2 heterocycles. The Bertz CT molecular complexity index is 708. The summed E-state index contributed by atoms with van der Waals surface area (Å²) in [5, 5.41) is 17.0. The summed E-state index contributed by atoms with van der Waals surface area (Å²) in [6, 6.07) is 6.89. The Balaban J connectivity index is 1.82. The molecule has 1 saturated heterocycles. The highest BCUT2D eigenvalue weighted by Crippen LogP contribution is 2.20. The molecule has 0 saturated carbocycles. The fraction of sp³-hybridized carbons (Fsp3) is 0.333. The predicted molar refractivity (Wildman–Crippen MR) is 77.8 cm³/mol. The highest BCUT2D eigenvalue weighted by atomic mass is 16.4. The molecular weight excluding hydrogens is 284 g/mol. The van der Waals surface area contributed by atoms with Crippen molar-refractivity contribution >= 4 is 11.9 Å². The second kappa shape index (κ2) is 5.59. The van der Waals surface area contributed by atoms with E-state index < -0.39 is 12.0 Å². The lowest BCUT2D eigenvalue weighted by molar-refractivity contribution is -0.141. The summed E-state index contributed by atoms with van der Waals surface area (Å²) < 4.78 is 1.51. The summed E-state index contributed by atoms with van der Waals surface area (Å²) in [7, 11) is 0. The molecule has 1 amide bonds. The number of carboxylic acid groups (broad SMARTS) is 1. The average molecular weight is 300 g/mol. The Hall–Kier alpha value is -2.70. The topological polar surface area (TPSA) is 88.3 Å². The van der Waals surface area contributed by atoms with Crippen molar-refractivity contribution in [3.05, 3.63) is 41.7 Å². The van der Waals surface area contributed by atoms with E-state index in [0.29, 0.717) is 19.4 Å². The molecule has 1 N–H and O–H groups in total. The minimum atomic E-state index is -0.975. The summed E-state index contributed by atoms with van der Waals surface area (Å²) in [6.45, 7) is 2.42. The van der Waals surface area contributed by atoms with Gasteiger partial charge in [0.2, 0.25) is 0 Å². The van der Waals surface area contributed by atoms with Gasteiger partial charge in [-0.05, 0) is 31.9 Å². The quantitative estimate of drug-likeness (QED) is 0.922. The predicted octanol–water partition coefficient (Wildman–Crippen LogP) is 1.26. The van der Waals surface area contributed by atoms with Crippen LogP contribution in [-0.4, -0.2) is 49.5 Å². The van der Waals surface area contributed by atoms with Crippen LogP contribution < -0.4 is 0 Å². The van der Waals surface area contributed by atoms with Gasteiger partial charge in [0, 0.05) is 6.54 Å². The van der Waals surface area contributed by atoms with Gasteiger partial charge >= 0.3 is 5.97 Å². The van der Waals surface area contributed by atoms with Crippen LogP contribution in [0.4, 0.5) is 0 Å². The van der Waals surface area contributed by atoms with Crippen molar-refractivity contribution in [2.24, 2.45) is 0 Å². The van der Waals surface area contributed by atoms with E-state index >= 15 is 0 Å². The summed E-state index contributed by atoms with van der Waals surface area (Å²) in [5.41, 5.74) is 2.09. The number of rotatable bonds is 3. The molecule has 7 heteroatoms. The van der Waals surface area contributed by atoms with Gasteiger partial charge in [0.25, 0.3) is 5.91 Å². The fourth-order valence-corrected chi connectivity index (χ4v) is 2.60. The zero-order chi connectivity index (χ0) is 15.7. The Kier molecular flexibility index (Phi) is 3.62. The van der Waals surface area contributed by atoms with Crippen molar-refractivity contribution in [2.75, 3.05) is 6.54 Å². The number of carboxylic acids is 1. The molecule has 2 aromatic rings. The zero-order valence-electron chi connectivity index (χ0n) is 12.1. The van der Waals surface area contributed by atoms with Gasteiger partial charge in [0.1, 0.15) is 6.04 Å². The highest BCUT2D eigenvalue weighted by Gasteiger charge is 2.35. The molecule has 114 valence electrons. The van der Waals surface area contributed by atoms with Crippen LogP contribution in [0.15, 0.2) is 30.5 Å². The molecule has 0 spiro atoms. The molecule has 22 heavy (non-hydrogen) atoms. The number of likely N-dealkylation sites (tertiary alicyclic amines) is 1. The van der Waals surface area contributed by atoms with Crippen LogP contribution >= 0.6 is 0 Å². The number of carbonyl (C=O) groups excluding carboxylic acids is 1. The smallest absolute Gasteiger partial charge is 0.326 e. The summed E-state index contributed by atoms with van der Waals surface area (Å²) in [6.07, 6.45) is 2.70. The molecule has 1 atom stereocenters. The normalized spacial score (nSPS) is 17.7. The monoisotopic (exact) mass is 300 g/mol. The maximum atomic E-state index is 12.4. The summed E-state index contributed by atoms with van der Waals surface area (Å²) >= 11 is 0. The Labute approximate surface area is 127 Å². The lowest BCUT2D eigenvalue weighted by Gasteiger charge is -2.19. The van der Waals surface area contributed by atoms with E-state index in [1.165, 1.54) is 15.8 Å². The lowest BCUT2D eigenvalue weighted by atomic mass is 10.2. The van der Waals surface area contributed by atoms with Crippen LogP contribution in [0, 0.1) is 6.92 Å². The molecule has 0 unspecified atom stereocenters. The van der Waals surface area contributed by atoms with E-state index in [9.17, 15) is 9.59 Å². The largest absolute Gasteiger partial charge is 0.480 e. The number of aliphatic carboxylic acids is 1. The molecule has 1 fully saturated rings. The van der Waals surface area contributed by atoms with Crippen molar-refractivity contribution in [3.63, 3.8) is 0 Å². The van der Waals surface area contributed by atoms with E-state index in [4.69, 9.17) is 5.11 Å². The Morgan fingerprint density at radius 2 is 2.00 bits per heavy atom. The third-order valence-electron chi connectivity index (χ3n) is 3.81. The van der Waals surface area contributed by atoms with Crippen LogP contribution in [-0.2, 0) is 4.79 Å². The van der Waals surface area contributed by atoms with E-state index in [0.717, 1.165) is 11.3 Å². The average Bonchev–Trinajstić information content (AvgIpc) is 3.17.